The van der Waals surface area contributed by atoms with E-state index in [1.165, 1.54) is 4.90 Å². The molecule has 1 aliphatic rings. The third-order valence-electron chi connectivity index (χ3n) is 4.58. The monoisotopic (exact) mass is 329 g/mol. The zero-order valence-corrected chi connectivity index (χ0v) is 13.4. The molecule has 1 fully saturated rings. The van der Waals surface area contributed by atoms with Gasteiger partial charge in [0.1, 0.15) is 0 Å². The minimum atomic E-state index is -4.64. The summed E-state index contributed by atoms with van der Waals surface area (Å²) in [5.74, 6) is -0.158. The number of halogens is 3. The lowest BCUT2D eigenvalue weighted by Crippen LogP contribution is -2.54. The smallest absolute Gasteiger partial charge is 0.380 e. The summed E-state index contributed by atoms with van der Waals surface area (Å²) >= 11 is 0. The number of amides is 1. The number of likely N-dealkylation sites (tertiary alicyclic amines) is 1. The summed E-state index contributed by atoms with van der Waals surface area (Å²) in [6, 6.07) is 6.01. The Balaban J connectivity index is 1.88. The van der Waals surface area contributed by atoms with Crippen LogP contribution in [-0.2, 0) is 11.2 Å². The van der Waals surface area contributed by atoms with E-state index >= 15 is 0 Å². The van der Waals surface area contributed by atoms with Crippen LogP contribution in [0.3, 0.4) is 0 Å². The van der Waals surface area contributed by atoms with Gasteiger partial charge in [0.05, 0.1) is 0 Å². The quantitative estimate of drug-likeness (QED) is 0.925. The Morgan fingerprint density at radius 1 is 1.26 bits per heavy atom. The van der Waals surface area contributed by atoms with Gasteiger partial charge >= 0.3 is 6.18 Å². The van der Waals surface area contributed by atoms with Crippen molar-refractivity contribution in [2.24, 2.45) is 0 Å². The zero-order chi connectivity index (χ0) is 17.3. The highest BCUT2D eigenvalue weighted by atomic mass is 19.4. The molecule has 1 heterocycles. The van der Waals surface area contributed by atoms with Gasteiger partial charge in [-0.2, -0.15) is 13.2 Å². The molecule has 2 rings (SSSR count). The molecule has 23 heavy (non-hydrogen) atoms. The topological polar surface area (TPSA) is 40.5 Å². The van der Waals surface area contributed by atoms with Crippen molar-refractivity contribution < 1.29 is 23.1 Å². The van der Waals surface area contributed by atoms with E-state index in [1.807, 2.05) is 32.0 Å². The lowest BCUT2D eigenvalue weighted by atomic mass is 9.90. The third kappa shape index (κ3) is 4.05. The maximum atomic E-state index is 12.7. The number of alkyl halides is 3. The molecular weight excluding hydrogens is 307 g/mol. The molecule has 3 nitrogen and oxygen atoms in total. The van der Waals surface area contributed by atoms with Crippen molar-refractivity contribution >= 4 is 5.91 Å². The van der Waals surface area contributed by atoms with Crippen LogP contribution in [-0.4, -0.2) is 40.8 Å². The molecule has 0 saturated carbocycles. The fourth-order valence-corrected chi connectivity index (χ4v) is 2.94. The van der Waals surface area contributed by atoms with E-state index < -0.39 is 24.6 Å². The lowest BCUT2D eigenvalue weighted by molar-refractivity contribution is -0.272. The molecule has 1 aliphatic heterocycles. The van der Waals surface area contributed by atoms with Crippen LogP contribution in [0.2, 0.25) is 0 Å². The zero-order valence-electron chi connectivity index (χ0n) is 13.4. The number of rotatable bonds is 3. The summed E-state index contributed by atoms with van der Waals surface area (Å²) < 4.78 is 38.2. The van der Waals surface area contributed by atoms with Crippen molar-refractivity contribution in [3.05, 3.63) is 34.9 Å². The minimum Gasteiger partial charge on any atom is -0.380 e. The highest BCUT2D eigenvalue weighted by Gasteiger charge is 2.54. The molecule has 0 unspecified atom stereocenters. The fraction of sp³-hybridized carbons (Fsp3) is 0.588. The van der Waals surface area contributed by atoms with E-state index in [2.05, 4.69) is 0 Å². The predicted molar refractivity (Wildman–Crippen MR) is 81.1 cm³/mol. The van der Waals surface area contributed by atoms with E-state index in [0.717, 1.165) is 16.7 Å². The molecule has 1 saturated heterocycles. The Bertz CT molecular complexity index is 576. The summed E-state index contributed by atoms with van der Waals surface area (Å²) in [5.41, 5.74) is 0.688. The van der Waals surface area contributed by atoms with E-state index in [0.29, 0.717) is 6.42 Å². The number of aliphatic hydroxyl groups is 1. The maximum Gasteiger partial charge on any atom is 0.417 e. The van der Waals surface area contributed by atoms with Crippen molar-refractivity contribution in [2.45, 2.75) is 51.3 Å². The Morgan fingerprint density at radius 2 is 1.87 bits per heavy atom. The molecule has 1 aromatic rings. The van der Waals surface area contributed by atoms with E-state index in [1.54, 1.807) is 0 Å². The van der Waals surface area contributed by atoms with Gasteiger partial charge in [-0.1, -0.05) is 23.8 Å². The number of hydrogen-bond donors (Lipinski definition) is 1. The molecule has 1 N–H and O–H groups in total. The van der Waals surface area contributed by atoms with Crippen molar-refractivity contribution in [3.63, 3.8) is 0 Å². The normalized spacial score (nSPS) is 18.1. The average Bonchev–Trinajstić information content (AvgIpc) is 2.45. The summed E-state index contributed by atoms with van der Waals surface area (Å²) in [6.45, 7) is 3.87. The molecule has 0 atom stereocenters. The molecule has 1 aromatic carbocycles. The van der Waals surface area contributed by atoms with E-state index in [-0.39, 0.29) is 25.4 Å². The Morgan fingerprint density at radius 3 is 2.39 bits per heavy atom. The minimum absolute atomic E-state index is 0.0538. The standard InChI is InChI=1S/C17H22F3NO2/c1-12-3-4-14(13(2)11-12)5-6-15(22)21-9-7-16(23,8-10-21)17(18,19)20/h3-4,11,23H,5-10H2,1-2H3. The predicted octanol–water partition coefficient (Wildman–Crippen LogP) is 3.15. The van der Waals surface area contributed by atoms with Crippen LogP contribution >= 0.6 is 0 Å². The van der Waals surface area contributed by atoms with Crippen molar-refractivity contribution in [1.29, 1.82) is 0 Å². The van der Waals surface area contributed by atoms with Crippen LogP contribution in [0.25, 0.3) is 0 Å². The number of hydrogen-bond acceptors (Lipinski definition) is 2. The number of aryl methyl sites for hydroxylation is 3. The Kier molecular flexibility index (Phi) is 5.04. The number of carbonyl (C=O) groups excluding carboxylic acids is 1. The summed E-state index contributed by atoms with van der Waals surface area (Å²) in [4.78, 5) is 13.6. The van der Waals surface area contributed by atoms with Gasteiger partial charge in [-0.05, 0) is 31.4 Å². The molecule has 0 spiro atoms. The van der Waals surface area contributed by atoms with Gasteiger partial charge in [0.2, 0.25) is 5.91 Å². The Hall–Kier alpha value is -1.56. The van der Waals surface area contributed by atoms with Crippen LogP contribution in [0, 0.1) is 13.8 Å². The van der Waals surface area contributed by atoms with Crippen molar-refractivity contribution in [1.82, 2.24) is 4.90 Å². The molecule has 0 bridgehead atoms. The molecule has 0 radical (unpaired) electrons. The summed E-state index contributed by atoms with van der Waals surface area (Å²) in [6.07, 6.45) is -4.70. The summed E-state index contributed by atoms with van der Waals surface area (Å²) in [7, 11) is 0. The molecular formula is C17H22F3NO2. The first-order valence-corrected chi connectivity index (χ1v) is 7.75. The van der Waals surface area contributed by atoms with Gasteiger partial charge in [-0.3, -0.25) is 4.79 Å². The largest absolute Gasteiger partial charge is 0.417 e. The third-order valence-corrected chi connectivity index (χ3v) is 4.58. The van der Waals surface area contributed by atoms with Crippen molar-refractivity contribution in [2.75, 3.05) is 13.1 Å². The van der Waals surface area contributed by atoms with Crippen LogP contribution in [0.1, 0.15) is 36.0 Å². The first-order valence-electron chi connectivity index (χ1n) is 7.75. The number of carbonyl (C=O) groups is 1. The van der Waals surface area contributed by atoms with Gasteiger partial charge in [0.15, 0.2) is 5.60 Å². The fourth-order valence-electron chi connectivity index (χ4n) is 2.94. The first-order chi connectivity index (χ1) is 10.6. The maximum absolute atomic E-state index is 12.7. The van der Waals surface area contributed by atoms with E-state index in [9.17, 15) is 23.1 Å². The van der Waals surface area contributed by atoms with Crippen LogP contribution in [0.15, 0.2) is 18.2 Å². The number of piperidine rings is 1. The molecule has 1 amide bonds. The second-order valence-electron chi connectivity index (χ2n) is 6.34. The number of nitrogens with zero attached hydrogens (tertiary/aromatic N) is 1. The van der Waals surface area contributed by atoms with Gasteiger partial charge in [0, 0.05) is 32.4 Å². The second-order valence-corrected chi connectivity index (χ2v) is 6.34. The molecule has 0 aromatic heterocycles. The number of benzene rings is 1. The molecule has 0 aliphatic carbocycles. The average molecular weight is 329 g/mol. The van der Waals surface area contributed by atoms with Gasteiger partial charge in [-0.15, -0.1) is 0 Å². The van der Waals surface area contributed by atoms with Gasteiger partial charge < -0.3 is 10.0 Å². The molecule has 128 valence electrons. The van der Waals surface area contributed by atoms with Gasteiger partial charge in [0.25, 0.3) is 0 Å². The highest BCUT2D eigenvalue weighted by molar-refractivity contribution is 5.76. The second kappa shape index (κ2) is 6.51. The van der Waals surface area contributed by atoms with E-state index in [4.69, 9.17) is 0 Å². The lowest BCUT2D eigenvalue weighted by Gasteiger charge is -2.39. The van der Waals surface area contributed by atoms with Gasteiger partial charge in [-0.25, -0.2) is 0 Å². The van der Waals surface area contributed by atoms with Crippen LogP contribution in [0.4, 0.5) is 13.2 Å². The SMILES string of the molecule is Cc1ccc(CCC(=O)N2CCC(O)(C(F)(F)F)CC2)c(C)c1. The summed E-state index contributed by atoms with van der Waals surface area (Å²) in [5, 5.41) is 9.61. The first kappa shape index (κ1) is 17.8. The molecule has 6 heteroatoms. The van der Waals surface area contributed by atoms with Crippen molar-refractivity contribution in [3.8, 4) is 0 Å². The van der Waals surface area contributed by atoms with Crippen LogP contribution in [0.5, 0.6) is 0 Å². The van der Waals surface area contributed by atoms with Crippen LogP contribution < -0.4 is 0 Å². The Labute approximate surface area is 134 Å². The highest BCUT2D eigenvalue weighted by Crippen LogP contribution is 2.38.